The second kappa shape index (κ2) is 7.06. The Morgan fingerprint density at radius 1 is 1.26 bits per heavy atom. The summed E-state index contributed by atoms with van der Waals surface area (Å²) in [6.45, 7) is 10.1. The van der Waals surface area contributed by atoms with Crippen molar-refractivity contribution < 1.29 is 0 Å². The van der Waals surface area contributed by atoms with Crippen LogP contribution in [0.5, 0.6) is 0 Å². The molecule has 1 aromatic carbocycles. The number of rotatable bonds is 8. The van der Waals surface area contributed by atoms with Crippen molar-refractivity contribution in [3.05, 3.63) is 35.4 Å². The SMILES string of the molecule is CCCN(CC(NCC)c1ccccc1C)C1CC1. The highest BCUT2D eigenvalue weighted by Gasteiger charge is 2.30. The van der Waals surface area contributed by atoms with E-state index >= 15 is 0 Å². The van der Waals surface area contributed by atoms with E-state index in [4.69, 9.17) is 0 Å². The van der Waals surface area contributed by atoms with Gasteiger partial charge in [0, 0.05) is 18.6 Å². The molecule has 0 aliphatic heterocycles. The Bertz CT molecular complexity index is 385. The zero-order valence-corrected chi connectivity index (χ0v) is 12.7. The molecule has 1 N–H and O–H groups in total. The number of hydrogen-bond acceptors (Lipinski definition) is 2. The van der Waals surface area contributed by atoms with Crippen LogP contribution in [-0.4, -0.2) is 30.6 Å². The summed E-state index contributed by atoms with van der Waals surface area (Å²) in [7, 11) is 0. The highest BCUT2D eigenvalue weighted by Crippen LogP contribution is 2.29. The van der Waals surface area contributed by atoms with Gasteiger partial charge in [0.05, 0.1) is 0 Å². The first-order valence-electron chi connectivity index (χ1n) is 7.79. The van der Waals surface area contributed by atoms with Gasteiger partial charge in [0.2, 0.25) is 0 Å². The third-order valence-electron chi connectivity index (χ3n) is 4.01. The van der Waals surface area contributed by atoms with E-state index in [2.05, 4.69) is 55.3 Å². The van der Waals surface area contributed by atoms with Crippen molar-refractivity contribution in [2.45, 2.75) is 52.1 Å². The van der Waals surface area contributed by atoms with Gasteiger partial charge in [-0.3, -0.25) is 4.90 Å². The number of likely N-dealkylation sites (N-methyl/N-ethyl adjacent to an activating group) is 1. The molecule has 2 heteroatoms. The van der Waals surface area contributed by atoms with Crippen LogP contribution >= 0.6 is 0 Å². The number of aryl methyl sites for hydroxylation is 1. The third-order valence-corrected chi connectivity index (χ3v) is 4.01. The van der Waals surface area contributed by atoms with Crippen molar-refractivity contribution in [3.8, 4) is 0 Å². The maximum atomic E-state index is 3.67. The monoisotopic (exact) mass is 260 g/mol. The van der Waals surface area contributed by atoms with Gasteiger partial charge in [-0.15, -0.1) is 0 Å². The smallest absolute Gasteiger partial charge is 0.0451 e. The number of nitrogens with one attached hydrogen (secondary N) is 1. The van der Waals surface area contributed by atoms with E-state index in [1.807, 2.05) is 0 Å². The van der Waals surface area contributed by atoms with Gasteiger partial charge in [0.1, 0.15) is 0 Å². The van der Waals surface area contributed by atoms with Crippen molar-refractivity contribution in [2.24, 2.45) is 0 Å². The molecular formula is C17H28N2. The lowest BCUT2D eigenvalue weighted by atomic mass is 10.0. The summed E-state index contributed by atoms with van der Waals surface area (Å²) in [6, 6.07) is 10.1. The fourth-order valence-corrected chi connectivity index (χ4v) is 2.88. The first kappa shape index (κ1) is 14.5. The van der Waals surface area contributed by atoms with Crippen LogP contribution in [0.2, 0.25) is 0 Å². The molecule has 1 aliphatic rings. The first-order valence-corrected chi connectivity index (χ1v) is 7.79. The average Bonchev–Trinajstić information content (AvgIpc) is 3.22. The quantitative estimate of drug-likeness (QED) is 0.769. The van der Waals surface area contributed by atoms with E-state index in [0.717, 1.165) is 19.1 Å². The second-order valence-electron chi connectivity index (χ2n) is 5.69. The lowest BCUT2D eigenvalue weighted by Gasteiger charge is -2.29. The van der Waals surface area contributed by atoms with Crippen molar-refractivity contribution >= 4 is 0 Å². The van der Waals surface area contributed by atoms with Crippen LogP contribution < -0.4 is 5.32 Å². The molecule has 2 nitrogen and oxygen atoms in total. The van der Waals surface area contributed by atoms with Gasteiger partial charge in [-0.1, -0.05) is 38.1 Å². The molecule has 2 rings (SSSR count). The Labute approximate surface area is 118 Å². The maximum Gasteiger partial charge on any atom is 0.0451 e. The molecule has 1 aliphatic carbocycles. The normalized spacial score (nSPS) is 16.8. The van der Waals surface area contributed by atoms with E-state index in [0.29, 0.717) is 6.04 Å². The molecule has 1 unspecified atom stereocenters. The lowest BCUT2D eigenvalue weighted by molar-refractivity contribution is 0.234. The molecule has 0 heterocycles. The van der Waals surface area contributed by atoms with Crippen molar-refractivity contribution in [1.82, 2.24) is 10.2 Å². The van der Waals surface area contributed by atoms with E-state index in [1.165, 1.54) is 36.9 Å². The summed E-state index contributed by atoms with van der Waals surface area (Å²) < 4.78 is 0. The molecule has 1 saturated carbocycles. The molecule has 1 aromatic rings. The van der Waals surface area contributed by atoms with Crippen LogP contribution in [0.3, 0.4) is 0 Å². The molecule has 0 bridgehead atoms. The van der Waals surface area contributed by atoms with Crippen LogP contribution in [0.25, 0.3) is 0 Å². The summed E-state index contributed by atoms with van der Waals surface area (Å²) in [5, 5.41) is 3.67. The standard InChI is InChI=1S/C17H28N2/c1-4-12-19(15-10-11-15)13-17(18-5-2)16-9-7-6-8-14(16)3/h6-9,15,17-18H,4-5,10-13H2,1-3H3. The minimum atomic E-state index is 0.471. The predicted octanol–water partition coefficient (Wildman–Crippen LogP) is 3.52. The molecule has 0 spiro atoms. The maximum absolute atomic E-state index is 3.67. The first-order chi connectivity index (χ1) is 9.26. The van der Waals surface area contributed by atoms with Gasteiger partial charge >= 0.3 is 0 Å². The van der Waals surface area contributed by atoms with Crippen LogP contribution in [0.4, 0.5) is 0 Å². The minimum absolute atomic E-state index is 0.471. The zero-order valence-electron chi connectivity index (χ0n) is 12.7. The number of hydrogen-bond donors (Lipinski definition) is 1. The second-order valence-corrected chi connectivity index (χ2v) is 5.69. The van der Waals surface area contributed by atoms with Crippen molar-refractivity contribution in [2.75, 3.05) is 19.6 Å². The summed E-state index contributed by atoms with van der Waals surface area (Å²) in [5.74, 6) is 0. The summed E-state index contributed by atoms with van der Waals surface area (Å²) in [4.78, 5) is 2.68. The highest BCUT2D eigenvalue weighted by atomic mass is 15.2. The lowest BCUT2D eigenvalue weighted by Crippen LogP contribution is -2.37. The zero-order chi connectivity index (χ0) is 13.7. The largest absolute Gasteiger partial charge is 0.309 e. The van der Waals surface area contributed by atoms with E-state index in [1.54, 1.807) is 0 Å². The predicted molar refractivity (Wildman–Crippen MR) is 82.5 cm³/mol. The fourth-order valence-electron chi connectivity index (χ4n) is 2.88. The summed E-state index contributed by atoms with van der Waals surface area (Å²) in [6.07, 6.45) is 4.04. The van der Waals surface area contributed by atoms with Crippen LogP contribution in [0, 0.1) is 6.92 Å². The molecule has 1 atom stereocenters. The summed E-state index contributed by atoms with van der Waals surface area (Å²) >= 11 is 0. The topological polar surface area (TPSA) is 15.3 Å². The average molecular weight is 260 g/mol. The molecule has 0 saturated heterocycles. The molecule has 0 radical (unpaired) electrons. The van der Waals surface area contributed by atoms with Crippen LogP contribution in [-0.2, 0) is 0 Å². The minimum Gasteiger partial charge on any atom is -0.309 e. The molecule has 0 aromatic heterocycles. The van der Waals surface area contributed by atoms with E-state index in [9.17, 15) is 0 Å². The van der Waals surface area contributed by atoms with Gasteiger partial charge < -0.3 is 5.32 Å². The summed E-state index contributed by atoms with van der Waals surface area (Å²) in [5.41, 5.74) is 2.87. The third kappa shape index (κ3) is 4.05. The molecule has 1 fully saturated rings. The van der Waals surface area contributed by atoms with Gasteiger partial charge in [-0.2, -0.15) is 0 Å². The Morgan fingerprint density at radius 2 is 2.00 bits per heavy atom. The Kier molecular flexibility index (Phi) is 5.41. The Balaban J connectivity index is 2.08. The molecular weight excluding hydrogens is 232 g/mol. The van der Waals surface area contributed by atoms with Crippen molar-refractivity contribution in [1.29, 1.82) is 0 Å². The van der Waals surface area contributed by atoms with Gasteiger partial charge in [-0.25, -0.2) is 0 Å². The van der Waals surface area contributed by atoms with Crippen LogP contribution in [0.1, 0.15) is 50.3 Å². The van der Waals surface area contributed by atoms with E-state index < -0.39 is 0 Å². The van der Waals surface area contributed by atoms with Gasteiger partial charge in [0.25, 0.3) is 0 Å². The van der Waals surface area contributed by atoms with Gasteiger partial charge in [-0.05, 0) is 50.4 Å². The van der Waals surface area contributed by atoms with Crippen molar-refractivity contribution in [3.63, 3.8) is 0 Å². The Morgan fingerprint density at radius 3 is 2.58 bits per heavy atom. The van der Waals surface area contributed by atoms with Gasteiger partial charge in [0.15, 0.2) is 0 Å². The number of benzene rings is 1. The molecule has 106 valence electrons. The van der Waals surface area contributed by atoms with E-state index in [-0.39, 0.29) is 0 Å². The fraction of sp³-hybridized carbons (Fsp3) is 0.647. The van der Waals surface area contributed by atoms with Crippen LogP contribution in [0.15, 0.2) is 24.3 Å². The number of nitrogens with zero attached hydrogens (tertiary/aromatic N) is 1. The highest BCUT2D eigenvalue weighted by molar-refractivity contribution is 5.29. The molecule has 19 heavy (non-hydrogen) atoms. The molecule has 0 amide bonds. The Hall–Kier alpha value is -0.860.